The molecule has 0 aromatic heterocycles. The molecule has 0 bridgehead atoms. The summed E-state index contributed by atoms with van der Waals surface area (Å²) in [6.07, 6.45) is 2.43. The highest BCUT2D eigenvalue weighted by atomic mass is 16.5. The molecule has 0 spiro atoms. The van der Waals surface area contributed by atoms with Crippen LogP contribution in [0.2, 0.25) is 0 Å². The highest BCUT2D eigenvalue weighted by Gasteiger charge is 2.49. The predicted octanol–water partition coefficient (Wildman–Crippen LogP) is 8.09. The van der Waals surface area contributed by atoms with Crippen LogP contribution in [0.3, 0.4) is 0 Å². The van der Waals surface area contributed by atoms with E-state index < -0.39 is 0 Å². The standard InChI is InChI=1S/C38H41NO5/c1-25-32(43-35(23-24-40)36(25)38(2,3)27-16-20-29(42-4)21-17-27)22-15-26-13-18-28(19-14-26)39-31-10-6-8-12-34(31)44-33-11-7-5-9-30(33)37(39)41/h5-14,16-21,25,32,35-36,40H,15,22-24H2,1-4H3/t25-,32+,35-,36+/m1/s1. The lowest BCUT2D eigenvalue weighted by atomic mass is 9.65. The zero-order chi connectivity index (χ0) is 30.8. The lowest BCUT2D eigenvalue weighted by Crippen LogP contribution is -2.38. The molecular formula is C38H41NO5. The lowest BCUT2D eigenvalue weighted by molar-refractivity contribution is 0.00629. The maximum absolute atomic E-state index is 13.8. The normalized spacial score (nSPS) is 21.3. The number of anilines is 2. The quantitative estimate of drug-likeness (QED) is 0.213. The summed E-state index contributed by atoms with van der Waals surface area (Å²) < 4.78 is 18.2. The molecule has 6 heteroatoms. The molecule has 2 aliphatic heterocycles. The first kappa shape index (κ1) is 29.9. The number of nitrogens with zero attached hydrogens (tertiary/aromatic N) is 1. The first-order valence-corrected chi connectivity index (χ1v) is 15.5. The Labute approximate surface area is 260 Å². The van der Waals surface area contributed by atoms with E-state index in [1.54, 1.807) is 18.1 Å². The molecule has 0 radical (unpaired) electrons. The van der Waals surface area contributed by atoms with Crippen molar-refractivity contribution < 1.29 is 24.1 Å². The van der Waals surface area contributed by atoms with Gasteiger partial charge in [0, 0.05) is 12.3 Å². The van der Waals surface area contributed by atoms with E-state index in [0.717, 1.165) is 30.0 Å². The van der Waals surface area contributed by atoms with E-state index in [1.165, 1.54) is 11.1 Å². The van der Waals surface area contributed by atoms with Crippen LogP contribution in [0.1, 0.15) is 55.1 Å². The monoisotopic (exact) mass is 591 g/mol. The molecule has 0 saturated carbocycles. The van der Waals surface area contributed by atoms with Gasteiger partial charge in [-0.15, -0.1) is 0 Å². The van der Waals surface area contributed by atoms with Gasteiger partial charge >= 0.3 is 0 Å². The number of benzene rings is 4. The Hall–Kier alpha value is -4.13. The van der Waals surface area contributed by atoms with Gasteiger partial charge < -0.3 is 19.3 Å². The molecule has 6 rings (SSSR count). The van der Waals surface area contributed by atoms with Gasteiger partial charge in [0.1, 0.15) is 11.5 Å². The van der Waals surface area contributed by atoms with Gasteiger partial charge in [0.2, 0.25) is 0 Å². The Balaban J connectivity index is 1.19. The molecule has 4 aromatic rings. The molecule has 2 aliphatic rings. The van der Waals surface area contributed by atoms with Crippen molar-refractivity contribution in [2.24, 2.45) is 11.8 Å². The van der Waals surface area contributed by atoms with Crippen molar-refractivity contribution in [3.8, 4) is 17.2 Å². The van der Waals surface area contributed by atoms with Crippen molar-refractivity contribution in [1.82, 2.24) is 0 Å². The molecule has 1 N–H and O–H groups in total. The number of hydrogen-bond acceptors (Lipinski definition) is 5. The van der Waals surface area contributed by atoms with E-state index in [-0.39, 0.29) is 36.1 Å². The summed E-state index contributed by atoms with van der Waals surface area (Å²) in [6.45, 7) is 6.98. The van der Waals surface area contributed by atoms with Crippen LogP contribution in [0.5, 0.6) is 17.2 Å². The lowest BCUT2D eigenvalue weighted by Gasteiger charge is -2.38. The van der Waals surface area contributed by atoms with Crippen molar-refractivity contribution in [3.05, 3.63) is 114 Å². The molecule has 0 aliphatic carbocycles. The first-order chi connectivity index (χ1) is 21.3. The molecule has 0 unspecified atom stereocenters. The maximum Gasteiger partial charge on any atom is 0.266 e. The fraction of sp³-hybridized carbons (Fsp3) is 0.342. The van der Waals surface area contributed by atoms with Crippen molar-refractivity contribution in [3.63, 3.8) is 0 Å². The average Bonchev–Trinajstić information content (AvgIpc) is 3.30. The van der Waals surface area contributed by atoms with E-state index in [0.29, 0.717) is 29.4 Å². The highest BCUT2D eigenvalue weighted by molar-refractivity contribution is 6.14. The van der Waals surface area contributed by atoms with Crippen LogP contribution < -0.4 is 14.4 Å². The molecule has 1 fully saturated rings. The summed E-state index contributed by atoms with van der Waals surface area (Å²) in [5.41, 5.74) is 4.34. The van der Waals surface area contributed by atoms with E-state index in [1.807, 2.05) is 66.7 Å². The summed E-state index contributed by atoms with van der Waals surface area (Å²) in [6, 6.07) is 31.6. The summed E-state index contributed by atoms with van der Waals surface area (Å²) in [5.74, 6) is 2.50. The van der Waals surface area contributed by atoms with Crippen LogP contribution in [-0.2, 0) is 16.6 Å². The summed E-state index contributed by atoms with van der Waals surface area (Å²) >= 11 is 0. The van der Waals surface area contributed by atoms with Gasteiger partial charge in [-0.05, 0) is 96.2 Å². The van der Waals surface area contributed by atoms with Gasteiger partial charge in [0.05, 0.1) is 30.6 Å². The van der Waals surface area contributed by atoms with Gasteiger partial charge in [-0.25, -0.2) is 0 Å². The first-order valence-electron chi connectivity index (χ1n) is 15.5. The molecule has 1 amide bonds. The van der Waals surface area contributed by atoms with Crippen LogP contribution in [-0.4, -0.2) is 36.9 Å². The third kappa shape index (κ3) is 5.60. The van der Waals surface area contributed by atoms with Gasteiger partial charge in [-0.2, -0.15) is 0 Å². The number of carbonyl (C=O) groups is 1. The number of carbonyl (C=O) groups excluding carboxylic acids is 1. The fourth-order valence-electron chi connectivity index (χ4n) is 7.23. The Morgan fingerprint density at radius 1 is 0.841 bits per heavy atom. The van der Waals surface area contributed by atoms with Crippen LogP contribution in [0.25, 0.3) is 0 Å². The molecular weight excluding hydrogens is 550 g/mol. The largest absolute Gasteiger partial charge is 0.497 e. The maximum atomic E-state index is 13.8. The molecule has 6 nitrogen and oxygen atoms in total. The second-order valence-electron chi connectivity index (χ2n) is 12.5. The van der Waals surface area contributed by atoms with Crippen LogP contribution in [0.4, 0.5) is 11.4 Å². The topological polar surface area (TPSA) is 68.2 Å². The van der Waals surface area contributed by atoms with Gasteiger partial charge in [0.25, 0.3) is 5.91 Å². The fourth-order valence-corrected chi connectivity index (χ4v) is 7.23. The summed E-state index contributed by atoms with van der Waals surface area (Å²) in [5, 5.41) is 9.88. The minimum Gasteiger partial charge on any atom is -0.497 e. The molecule has 228 valence electrons. The number of para-hydroxylation sites is 3. The minimum absolute atomic E-state index is 0.0151. The average molecular weight is 592 g/mol. The highest BCUT2D eigenvalue weighted by Crippen LogP contribution is 2.48. The minimum atomic E-state index is -0.139. The third-order valence-electron chi connectivity index (χ3n) is 9.54. The zero-order valence-electron chi connectivity index (χ0n) is 25.9. The molecule has 44 heavy (non-hydrogen) atoms. The number of amides is 1. The number of rotatable bonds is 9. The number of aryl methyl sites for hydroxylation is 1. The van der Waals surface area contributed by atoms with E-state index in [9.17, 15) is 9.90 Å². The Kier molecular flexibility index (Phi) is 8.48. The Morgan fingerprint density at radius 2 is 1.52 bits per heavy atom. The van der Waals surface area contributed by atoms with Gasteiger partial charge in [-0.1, -0.05) is 69.3 Å². The van der Waals surface area contributed by atoms with Crippen LogP contribution in [0.15, 0.2) is 97.1 Å². The van der Waals surface area contributed by atoms with E-state index in [4.69, 9.17) is 14.2 Å². The number of ether oxygens (including phenoxy) is 3. The SMILES string of the molecule is COc1ccc(C(C)(C)[C@H]2[C@H](C)[C@H](CCc3ccc(N4C(=O)c5ccccc5Oc5ccccc54)cc3)O[C@@H]2CCO)cc1. The van der Waals surface area contributed by atoms with Crippen molar-refractivity contribution >= 4 is 17.3 Å². The smallest absolute Gasteiger partial charge is 0.266 e. The number of hydrogen-bond donors (Lipinski definition) is 1. The molecule has 1 saturated heterocycles. The van der Waals surface area contributed by atoms with Crippen molar-refractivity contribution in [2.75, 3.05) is 18.6 Å². The zero-order valence-corrected chi connectivity index (χ0v) is 25.9. The van der Waals surface area contributed by atoms with E-state index >= 15 is 0 Å². The number of aliphatic hydroxyl groups is 1. The van der Waals surface area contributed by atoms with Gasteiger partial charge in [-0.3, -0.25) is 9.69 Å². The van der Waals surface area contributed by atoms with Gasteiger partial charge in [0.15, 0.2) is 5.75 Å². The third-order valence-corrected chi connectivity index (χ3v) is 9.54. The Bertz CT molecular complexity index is 1600. The summed E-state index contributed by atoms with van der Waals surface area (Å²) in [7, 11) is 1.68. The molecule has 4 atom stereocenters. The molecule has 2 heterocycles. The van der Waals surface area contributed by atoms with Crippen molar-refractivity contribution in [1.29, 1.82) is 0 Å². The predicted molar refractivity (Wildman–Crippen MR) is 173 cm³/mol. The van der Waals surface area contributed by atoms with Crippen molar-refractivity contribution in [2.45, 2.75) is 57.7 Å². The number of fused-ring (bicyclic) bond motifs is 2. The number of methoxy groups -OCH3 is 1. The van der Waals surface area contributed by atoms with Crippen LogP contribution >= 0.6 is 0 Å². The summed E-state index contributed by atoms with van der Waals surface area (Å²) in [4.78, 5) is 15.5. The van der Waals surface area contributed by atoms with Crippen LogP contribution in [0, 0.1) is 11.8 Å². The second kappa shape index (κ2) is 12.5. The Morgan fingerprint density at radius 3 is 2.23 bits per heavy atom. The second-order valence-corrected chi connectivity index (χ2v) is 12.5. The van der Waals surface area contributed by atoms with E-state index in [2.05, 4.69) is 45.0 Å². The number of aliphatic hydroxyl groups excluding tert-OH is 1. The molecule has 4 aromatic carbocycles.